The molecule has 1 atom stereocenters. The average molecular weight is 1250 g/mol. The van der Waals surface area contributed by atoms with Crippen molar-refractivity contribution in [2.24, 2.45) is 0 Å². The highest BCUT2D eigenvalue weighted by atomic mass is 16.6. The molecule has 0 fully saturated rings. The minimum Gasteiger partial charge on any atom is -0.462 e. The van der Waals surface area contributed by atoms with E-state index in [4.69, 9.17) is 9.47 Å². The summed E-state index contributed by atoms with van der Waals surface area (Å²) in [7, 11) is 0. The molecule has 0 aliphatic carbocycles. The van der Waals surface area contributed by atoms with Crippen LogP contribution < -0.4 is 0 Å². The van der Waals surface area contributed by atoms with Gasteiger partial charge in [-0.1, -0.05) is 442 Å². The maximum absolute atomic E-state index is 12.4. The third-order valence-electron chi connectivity index (χ3n) is 19.2. The normalized spacial score (nSPS) is 12.3. The van der Waals surface area contributed by atoms with Gasteiger partial charge in [0, 0.05) is 12.8 Å². The summed E-state index contributed by atoms with van der Waals surface area (Å²) in [6, 6.07) is 0. The standard InChI is InChI=1S/C84H160O5/c1-3-5-7-9-11-13-15-17-19-21-23-25-27-29-31-33-35-37-39-41-43-44-46-48-50-52-54-56-58-60-62-64-66-68-70-72-74-76-78-83(86)88-81-82(80-85)89-84(87)79-77-75-73-71-69-67-65-63-61-59-57-55-53-51-49-47-45-42-40-38-36-34-32-30-28-26-24-22-20-18-16-14-12-10-8-6-4-2/h16,18,22,24,28,30,82,85H,3-15,17,19-21,23,25-27,29,31-81H2,1-2H3/b18-16-,24-22-,30-28-. The molecule has 0 rings (SSSR count). The molecule has 526 valence electrons. The smallest absolute Gasteiger partial charge is 0.306 e. The Morgan fingerprint density at radius 3 is 0.674 bits per heavy atom. The summed E-state index contributed by atoms with van der Waals surface area (Å²) in [4.78, 5) is 24.7. The molecule has 89 heavy (non-hydrogen) atoms. The SMILES string of the molecule is CCCCCCC/C=C\C/C=C\C/C=C\CCCCCCCCCCCCCCCCCCCCCCCCC(=O)OC(CO)COC(=O)CCCCCCCCCCCCCCCCCCCCCCCCCCCCCCCCCCCCCCCC. The summed E-state index contributed by atoms with van der Waals surface area (Å²) in [5.41, 5.74) is 0. The number of esters is 2. The minimum atomic E-state index is -0.770. The third kappa shape index (κ3) is 78.5. The van der Waals surface area contributed by atoms with Gasteiger partial charge in [-0.05, 0) is 51.4 Å². The van der Waals surface area contributed by atoms with Crippen LogP contribution in [-0.2, 0) is 19.1 Å². The van der Waals surface area contributed by atoms with Crippen LogP contribution in [0.3, 0.4) is 0 Å². The largest absolute Gasteiger partial charge is 0.462 e. The summed E-state index contributed by atoms with van der Waals surface area (Å²) >= 11 is 0. The van der Waals surface area contributed by atoms with E-state index < -0.39 is 6.10 Å². The van der Waals surface area contributed by atoms with Crippen LogP contribution in [0.4, 0.5) is 0 Å². The molecular weight excluding hydrogens is 1090 g/mol. The summed E-state index contributed by atoms with van der Waals surface area (Å²) in [6.45, 7) is 4.21. The van der Waals surface area contributed by atoms with Gasteiger partial charge in [-0.3, -0.25) is 9.59 Å². The Labute approximate surface area is 558 Å². The van der Waals surface area contributed by atoms with E-state index in [1.807, 2.05) is 0 Å². The third-order valence-corrected chi connectivity index (χ3v) is 19.2. The molecule has 0 aliphatic heterocycles. The zero-order valence-corrected chi connectivity index (χ0v) is 60.7. The summed E-state index contributed by atoms with van der Waals surface area (Å²) < 4.78 is 10.8. The van der Waals surface area contributed by atoms with Crippen LogP contribution >= 0.6 is 0 Å². The van der Waals surface area contributed by atoms with E-state index in [1.165, 1.54) is 398 Å². The van der Waals surface area contributed by atoms with Gasteiger partial charge in [-0.15, -0.1) is 0 Å². The van der Waals surface area contributed by atoms with Crippen LogP contribution in [0.15, 0.2) is 36.5 Å². The highest BCUT2D eigenvalue weighted by Gasteiger charge is 2.16. The number of unbranched alkanes of at least 4 members (excludes halogenated alkanes) is 64. The minimum absolute atomic E-state index is 0.0579. The van der Waals surface area contributed by atoms with Crippen molar-refractivity contribution in [2.45, 2.75) is 476 Å². The molecule has 0 aromatic carbocycles. The zero-order chi connectivity index (χ0) is 64.0. The number of ether oxygens (including phenoxy) is 2. The lowest BCUT2D eigenvalue weighted by Crippen LogP contribution is -2.28. The first-order chi connectivity index (χ1) is 44.1. The highest BCUT2D eigenvalue weighted by molar-refractivity contribution is 5.70. The van der Waals surface area contributed by atoms with Crippen LogP contribution in [0.2, 0.25) is 0 Å². The van der Waals surface area contributed by atoms with Gasteiger partial charge >= 0.3 is 11.9 Å². The first-order valence-corrected chi connectivity index (χ1v) is 41.0. The van der Waals surface area contributed by atoms with Crippen molar-refractivity contribution in [2.75, 3.05) is 13.2 Å². The summed E-state index contributed by atoms with van der Waals surface area (Å²) in [6.07, 6.45) is 108. The second-order valence-electron chi connectivity index (χ2n) is 28.2. The maximum atomic E-state index is 12.4. The first kappa shape index (κ1) is 87.1. The molecule has 0 aliphatic rings. The number of aliphatic hydroxyl groups is 1. The van der Waals surface area contributed by atoms with Gasteiger partial charge in [0.2, 0.25) is 0 Å². The number of allylic oxidation sites excluding steroid dienone is 6. The second kappa shape index (κ2) is 80.4. The van der Waals surface area contributed by atoms with Gasteiger partial charge in [0.05, 0.1) is 6.61 Å². The van der Waals surface area contributed by atoms with Crippen LogP contribution in [0.1, 0.15) is 470 Å². The molecule has 0 saturated heterocycles. The molecule has 1 unspecified atom stereocenters. The van der Waals surface area contributed by atoms with Crippen LogP contribution in [-0.4, -0.2) is 36.4 Å². The average Bonchev–Trinajstić information content (AvgIpc) is 3.55. The van der Waals surface area contributed by atoms with E-state index >= 15 is 0 Å². The van der Waals surface area contributed by atoms with Crippen LogP contribution in [0.5, 0.6) is 0 Å². The van der Waals surface area contributed by atoms with Gasteiger partial charge in [0.25, 0.3) is 0 Å². The van der Waals surface area contributed by atoms with Gasteiger partial charge in [0.15, 0.2) is 6.10 Å². The zero-order valence-electron chi connectivity index (χ0n) is 60.7. The van der Waals surface area contributed by atoms with Crippen LogP contribution in [0, 0.1) is 0 Å². The fourth-order valence-electron chi connectivity index (χ4n) is 13.0. The predicted molar refractivity (Wildman–Crippen MR) is 394 cm³/mol. The Bertz CT molecular complexity index is 1420. The highest BCUT2D eigenvalue weighted by Crippen LogP contribution is 2.21. The van der Waals surface area contributed by atoms with E-state index in [0.29, 0.717) is 12.8 Å². The fourth-order valence-corrected chi connectivity index (χ4v) is 13.0. The molecular formula is C84H160O5. The molecule has 5 heteroatoms. The lowest BCUT2D eigenvalue weighted by Gasteiger charge is -2.15. The van der Waals surface area contributed by atoms with Crippen molar-refractivity contribution in [3.63, 3.8) is 0 Å². The monoisotopic (exact) mass is 1250 g/mol. The summed E-state index contributed by atoms with van der Waals surface area (Å²) in [5.74, 6) is -0.561. The molecule has 0 aromatic heterocycles. The number of hydrogen-bond acceptors (Lipinski definition) is 5. The maximum Gasteiger partial charge on any atom is 0.306 e. The van der Waals surface area contributed by atoms with Crippen LogP contribution in [0.25, 0.3) is 0 Å². The molecule has 0 heterocycles. The topological polar surface area (TPSA) is 72.8 Å². The number of carbonyl (C=O) groups excluding carboxylic acids is 2. The Balaban J connectivity index is 3.35. The quantitative estimate of drug-likeness (QED) is 0.0373. The number of rotatable bonds is 78. The van der Waals surface area contributed by atoms with Crippen molar-refractivity contribution < 1.29 is 24.2 Å². The number of carbonyl (C=O) groups is 2. The summed E-state index contributed by atoms with van der Waals surface area (Å²) in [5, 5.41) is 9.73. The first-order valence-electron chi connectivity index (χ1n) is 41.0. The van der Waals surface area contributed by atoms with Crippen molar-refractivity contribution in [3.8, 4) is 0 Å². The lowest BCUT2D eigenvalue weighted by atomic mass is 10.0. The molecule has 0 amide bonds. The van der Waals surface area contributed by atoms with E-state index in [0.717, 1.165) is 44.9 Å². The molecule has 0 bridgehead atoms. The Hall–Kier alpha value is -1.88. The number of aliphatic hydroxyl groups excluding tert-OH is 1. The van der Waals surface area contributed by atoms with Gasteiger partial charge in [0.1, 0.15) is 6.61 Å². The van der Waals surface area contributed by atoms with Gasteiger partial charge in [-0.25, -0.2) is 0 Å². The van der Waals surface area contributed by atoms with Crippen molar-refractivity contribution in [3.05, 3.63) is 36.5 Å². The molecule has 1 N–H and O–H groups in total. The molecule has 0 spiro atoms. The van der Waals surface area contributed by atoms with Gasteiger partial charge in [-0.2, -0.15) is 0 Å². The molecule has 5 nitrogen and oxygen atoms in total. The van der Waals surface area contributed by atoms with E-state index in [2.05, 4.69) is 50.3 Å². The van der Waals surface area contributed by atoms with Crippen molar-refractivity contribution >= 4 is 11.9 Å². The van der Waals surface area contributed by atoms with E-state index in [-0.39, 0.29) is 25.2 Å². The molecule has 0 saturated carbocycles. The van der Waals surface area contributed by atoms with Crippen molar-refractivity contribution in [1.29, 1.82) is 0 Å². The van der Waals surface area contributed by atoms with E-state index in [9.17, 15) is 14.7 Å². The van der Waals surface area contributed by atoms with Gasteiger partial charge < -0.3 is 14.6 Å². The predicted octanol–water partition coefficient (Wildman–Crippen LogP) is 28.8. The Morgan fingerprint density at radius 1 is 0.258 bits per heavy atom. The second-order valence-corrected chi connectivity index (χ2v) is 28.2. The lowest BCUT2D eigenvalue weighted by molar-refractivity contribution is -0.161. The van der Waals surface area contributed by atoms with E-state index in [1.54, 1.807) is 0 Å². The number of hydrogen-bond donors (Lipinski definition) is 1. The molecule has 0 aromatic rings. The fraction of sp³-hybridized carbons (Fsp3) is 0.905. The van der Waals surface area contributed by atoms with Crippen molar-refractivity contribution in [1.82, 2.24) is 0 Å². The Morgan fingerprint density at radius 2 is 0.449 bits per heavy atom. The Kier molecular flexibility index (Phi) is 78.7. The molecule has 0 radical (unpaired) electrons.